The van der Waals surface area contributed by atoms with Crippen molar-refractivity contribution in [3.8, 4) is 11.9 Å². The second kappa shape index (κ2) is 5.34. The van der Waals surface area contributed by atoms with Gasteiger partial charge in [0.05, 0.1) is 5.69 Å². The molecule has 1 heterocycles. The average molecular weight is 245 g/mol. The van der Waals surface area contributed by atoms with E-state index in [1.165, 1.54) is 12.8 Å². The molecule has 18 heavy (non-hydrogen) atoms. The largest absolute Gasteiger partial charge is 0.472 e. The normalized spacial score (nSPS) is 23.4. The summed E-state index contributed by atoms with van der Waals surface area (Å²) < 4.78 is 5.89. The van der Waals surface area contributed by atoms with Crippen molar-refractivity contribution in [1.82, 2.24) is 10.2 Å². The van der Waals surface area contributed by atoms with Crippen molar-refractivity contribution in [2.75, 3.05) is 0 Å². The van der Waals surface area contributed by atoms with E-state index in [0.717, 1.165) is 24.1 Å². The van der Waals surface area contributed by atoms with Gasteiger partial charge in [0.15, 0.2) is 0 Å². The first-order chi connectivity index (χ1) is 8.61. The van der Waals surface area contributed by atoms with Crippen LogP contribution in [-0.2, 0) is 0 Å². The Morgan fingerprint density at radius 1 is 1.28 bits per heavy atom. The number of hydrogen-bond acceptors (Lipinski definition) is 4. The Kier molecular flexibility index (Phi) is 3.81. The second-order valence-corrected chi connectivity index (χ2v) is 5.21. The summed E-state index contributed by atoms with van der Waals surface area (Å²) in [5.41, 5.74) is 2.18. The smallest absolute Gasteiger partial charge is 0.252 e. The highest BCUT2D eigenvalue weighted by Gasteiger charge is 2.22. The SMILES string of the molecule is Cc1nnc(OC2CCCC(C)C2)c(C#N)c1C. The summed E-state index contributed by atoms with van der Waals surface area (Å²) >= 11 is 0. The lowest BCUT2D eigenvalue weighted by molar-refractivity contribution is 0.122. The highest BCUT2D eigenvalue weighted by atomic mass is 16.5. The van der Waals surface area contributed by atoms with Crippen LogP contribution in [0.4, 0.5) is 0 Å². The van der Waals surface area contributed by atoms with E-state index >= 15 is 0 Å². The molecule has 2 unspecified atom stereocenters. The molecule has 96 valence electrons. The molecule has 0 aromatic carbocycles. The third-order valence-electron chi connectivity index (χ3n) is 3.70. The zero-order valence-electron chi connectivity index (χ0n) is 11.2. The Labute approximate surface area is 108 Å². The molecule has 0 spiro atoms. The molecular weight excluding hydrogens is 226 g/mol. The summed E-state index contributed by atoms with van der Waals surface area (Å²) in [4.78, 5) is 0. The molecule has 0 amide bonds. The van der Waals surface area contributed by atoms with Gasteiger partial charge in [-0.3, -0.25) is 0 Å². The highest BCUT2D eigenvalue weighted by Crippen LogP contribution is 2.28. The van der Waals surface area contributed by atoms with Gasteiger partial charge < -0.3 is 4.74 Å². The van der Waals surface area contributed by atoms with Crippen LogP contribution in [-0.4, -0.2) is 16.3 Å². The lowest BCUT2D eigenvalue weighted by Gasteiger charge is -2.27. The van der Waals surface area contributed by atoms with Crippen LogP contribution < -0.4 is 4.74 Å². The van der Waals surface area contributed by atoms with Crippen LogP contribution >= 0.6 is 0 Å². The molecule has 0 N–H and O–H groups in total. The second-order valence-electron chi connectivity index (χ2n) is 5.21. The Morgan fingerprint density at radius 2 is 2.06 bits per heavy atom. The molecule has 0 saturated heterocycles. The number of nitriles is 1. The Morgan fingerprint density at radius 3 is 2.72 bits per heavy atom. The highest BCUT2D eigenvalue weighted by molar-refractivity contribution is 5.44. The van der Waals surface area contributed by atoms with E-state index in [-0.39, 0.29) is 6.10 Å². The van der Waals surface area contributed by atoms with Gasteiger partial charge in [-0.05, 0) is 44.6 Å². The van der Waals surface area contributed by atoms with Crippen LogP contribution in [0.3, 0.4) is 0 Å². The molecule has 4 heteroatoms. The zero-order valence-corrected chi connectivity index (χ0v) is 11.2. The first-order valence-electron chi connectivity index (χ1n) is 6.52. The predicted octanol–water partition coefficient (Wildman–Crippen LogP) is 2.92. The van der Waals surface area contributed by atoms with Gasteiger partial charge in [0.2, 0.25) is 0 Å². The van der Waals surface area contributed by atoms with Crippen LogP contribution in [0.2, 0.25) is 0 Å². The van der Waals surface area contributed by atoms with Crippen molar-refractivity contribution in [1.29, 1.82) is 5.26 Å². The molecule has 1 aliphatic carbocycles. The average Bonchev–Trinajstić information content (AvgIpc) is 2.34. The van der Waals surface area contributed by atoms with Crippen LogP contribution in [0.25, 0.3) is 0 Å². The Bertz CT molecular complexity index is 479. The minimum atomic E-state index is 0.178. The fourth-order valence-corrected chi connectivity index (χ4v) is 2.44. The van der Waals surface area contributed by atoms with Gasteiger partial charge in [0, 0.05) is 0 Å². The summed E-state index contributed by atoms with van der Waals surface area (Å²) in [5, 5.41) is 17.3. The molecule has 1 fully saturated rings. The summed E-state index contributed by atoms with van der Waals surface area (Å²) in [5.74, 6) is 1.09. The molecule has 0 aliphatic heterocycles. The standard InChI is InChI=1S/C14H19N3O/c1-9-5-4-6-12(7-9)18-14-13(8-15)10(2)11(3)16-17-14/h9,12H,4-7H2,1-3H3. The van der Waals surface area contributed by atoms with Crippen molar-refractivity contribution < 1.29 is 4.74 Å². The minimum absolute atomic E-state index is 0.178. The van der Waals surface area contributed by atoms with Crippen molar-refractivity contribution >= 4 is 0 Å². The molecule has 1 saturated carbocycles. The number of ether oxygens (including phenoxy) is 1. The monoisotopic (exact) mass is 245 g/mol. The topological polar surface area (TPSA) is 58.8 Å². The summed E-state index contributed by atoms with van der Waals surface area (Å²) in [6.07, 6.45) is 4.72. The molecule has 2 atom stereocenters. The Balaban J connectivity index is 2.19. The summed E-state index contributed by atoms with van der Waals surface area (Å²) in [6.45, 7) is 5.99. The maximum absolute atomic E-state index is 9.21. The molecule has 4 nitrogen and oxygen atoms in total. The van der Waals surface area contributed by atoms with Gasteiger partial charge in [0.1, 0.15) is 17.7 Å². The van der Waals surface area contributed by atoms with Crippen molar-refractivity contribution in [3.05, 3.63) is 16.8 Å². The summed E-state index contributed by atoms with van der Waals surface area (Å²) in [7, 11) is 0. The number of aryl methyl sites for hydroxylation is 1. The number of hydrogen-bond donors (Lipinski definition) is 0. The fraction of sp³-hybridized carbons (Fsp3) is 0.643. The zero-order chi connectivity index (χ0) is 13.1. The van der Waals surface area contributed by atoms with Crippen molar-refractivity contribution in [2.45, 2.75) is 52.6 Å². The fourth-order valence-electron chi connectivity index (χ4n) is 2.44. The van der Waals surface area contributed by atoms with Crippen molar-refractivity contribution in [3.63, 3.8) is 0 Å². The van der Waals surface area contributed by atoms with Crippen LogP contribution in [0.5, 0.6) is 5.88 Å². The van der Waals surface area contributed by atoms with Crippen LogP contribution in [0.15, 0.2) is 0 Å². The summed E-state index contributed by atoms with van der Waals surface area (Å²) in [6, 6.07) is 2.18. The van der Waals surface area contributed by atoms with Gasteiger partial charge in [-0.2, -0.15) is 10.4 Å². The quantitative estimate of drug-likeness (QED) is 0.803. The maximum Gasteiger partial charge on any atom is 0.252 e. The third-order valence-corrected chi connectivity index (χ3v) is 3.70. The molecule has 2 rings (SSSR count). The molecule has 0 bridgehead atoms. The van der Waals surface area contributed by atoms with Crippen LogP contribution in [0, 0.1) is 31.1 Å². The number of rotatable bonds is 2. The van der Waals surface area contributed by atoms with E-state index in [1.54, 1.807) is 0 Å². The molecule has 1 aliphatic rings. The number of aromatic nitrogens is 2. The maximum atomic E-state index is 9.21. The minimum Gasteiger partial charge on any atom is -0.472 e. The number of nitrogens with zero attached hydrogens (tertiary/aromatic N) is 3. The van der Waals surface area contributed by atoms with Crippen molar-refractivity contribution in [2.24, 2.45) is 5.92 Å². The third kappa shape index (κ3) is 2.61. The van der Waals surface area contributed by atoms with E-state index in [1.807, 2.05) is 13.8 Å². The van der Waals surface area contributed by atoms with Gasteiger partial charge in [0.25, 0.3) is 5.88 Å². The lowest BCUT2D eigenvalue weighted by Crippen LogP contribution is -2.25. The predicted molar refractivity (Wildman–Crippen MR) is 68.3 cm³/mol. The van der Waals surface area contributed by atoms with Gasteiger partial charge in [-0.1, -0.05) is 13.3 Å². The van der Waals surface area contributed by atoms with E-state index in [9.17, 15) is 5.26 Å². The van der Waals surface area contributed by atoms with Gasteiger partial charge in [-0.15, -0.1) is 5.10 Å². The molecule has 1 aromatic rings. The Hall–Kier alpha value is -1.63. The van der Waals surface area contributed by atoms with Crippen LogP contribution in [0.1, 0.15) is 49.4 Å². The first-order valence-corrected chi connectivity index (χ1v) is 6.52. The van der Waals surface area contributed by atoms with Gasteiger partial charge >= 0.3 is 0 Å². The molecule has 1 aromatic heterocycles. The van der Waals surface area contributed by atoms with E-state index in [4.69, 9.17) is 4.74 Å². The van der Waals surface area contributed by atoms with E-state index < -0.39 is 0 Å². The van der Waals surface area contributed by atoms with E-state index in [2.05, 4.69) is 23.2 Å². The first kappa shape index (κ1) is 12.8. The van der Waals surface area contributed by atoms with Gasteiger partial charge in [-0.25, -0.2) is 0 Å². The van der Waals surface area contributed by atoms with E-state index in [0.29, 0.717) is 17.4 Å². The molecular formula is C14H19N3O. The molecule has 0 radical (unpaired) electrons. The lowest BCUT2D eigenvalue weighted by atomic mass is 9.89.